The number of fused-ring (bicyclic) bond motifs is 2. The molecule has 0 aromatic heterocycles. The van der Waals surface area contributed by atoms with Crippen LogP contribution in [-0.4, -0.2) is 73.2 Å². The second-order valence-electron chi connectivity index (χ2n) is 18.2. The van der Waals surface area contributed by atoms with Crippen molar-refractivity contribution in [1.82, 2.24) is 0 Å². The molecule has 5 aliphatic carbocycles. The summed E-state index contributed by atoms with van der Waals surface area (Å²) < 4.78 is 12.4. The van der Waals surface area contributed by atoms with E-state index in [-0.39, 0.29) is 52.0 Å². The van der Waals surface area contributed by atoms with Crippen LogP contribution in [0.15, 0.2) is 12.3 Å². The molecule has 13 atom stereocenters. The van der Waals surface area contributed by atoms with Crippen LogP contribution < -0.4 is 0 Å². The van der Waals surface area contributed by atoms with Crippen LogP contribution in [0.4, 0.5) is 0 Å². The van der Waals surface area contributed by atoms with E-state index in [2.05, 4.69) is 54.0 Å². The van der Waals surface area contributed by atoms with E-state index in [1.807, 2.05) is 13.8 Å². The molecule has 6 unspecified atom stereocenters. The van der Waals surface area contributed by atoms with Crippen molar-refractivity contribution in [2.75, 3.05) is 6.61 Å². The normalized spacial score (nSPS) is 45.7. The van der Waals surface area contributed by atoms with Gasteiger partial charge in [0, 0.05) is 18.8 Å². The van der Waals surface area contributed by atoms with Crippen LogP contribution in [0.1, 0.15) is 126 Å². The van der Waals surface area contributed by atoms with E-state index < -0.39 is 29.9 Å². The molecule has 0 aromatic rings. The molecule has 1 saturated heterocycles. The van der Waals surface area contributed by atoms with Crippen molar-refractivity contribution in [2.24, 2.45) is 57.2 Å². The van der Waals surface area contributed by atoms with Gasteiger partial charge in [-0.1, -0.05) is 54.0 Å². The summed E-state index contributed by atoms with van der Waals surface area (Å²) in [6.45, 7) is 20.3. The third-order valence-electron chi connectivity index (χ3n) is 14.7. The SMILES string of the molecule is C#C.C=C(C)O.C[C@H](CCCC(C)(C)O)C1C(O)(O)CC2[C@@H]3CCC4C(C)(C)C(OC5C[C@@H](O)[C@H](O)CO5)CCC45[C@@H](C)[C@@]35CC[C@@]21C. The molecule has 1 heterocycles. The number of aliphatic hydroxyl groups excluding tert-OH is 3. The van der Waals surface area contributed by atoms with Crippen LogP contribution in [0.3, 0.4) is 0 Å². The summed E-state index contributed by atoms with van der Waals surface area (Å²) in [4.78, 5) is 0. The number of hydrogen-bond donors (Lipinski definition) is 6. The topological polar surface area (TPSA) is 140 Å². The summed E-state index contributed by atoms with van der Waals surface area (Å²) in [7, 11) is 0. The van der Waals surface area contributed by atoms with Gasteiger partial charge in [-0.25, -0.2) is 0 Å². The Hall–Kier alpha value is -1.18. The number of hydrogen-bond acceptors (Lipinski definition) is 8. The van der Waals surface area contributed by atoms with E-state index in [9.17, 15) is 25.5 Å². The van der Waals surface area contributed by atoms with Crippen LogP contribution >= 0.6 is 0 Å². The van der Waals surface area contributed by atoms with E-state index in [0.717, 1.165) is 51.4 Å². The third-order valence-corrected chi connectivity index (χ3v) is 14.7. The summed E-state index contributed by atoms with van der Waals surface area (Å²) in [6, 6.07) is 0. The Balaban J connectivity index is 0.000000808. The largest absolute Gasteiger partial charge is 0.513 e. The molecule has 276 valence electrons. The summed E-state index contributed by atoms with van der Waals surface area (Å²) in [5.74, 6) is 0.620. The highest BCUT2D eigenvalue weighted by Crippen LogP contribution is 2.90. The fourth-order valence-corrected chi connectivity index (χ4v) is 13.1. The summed E-state index contributed by atoms with van der Waals surface area (Å²) in [5.41, 5.74) is -0.234. The lowest BCUT2D eigenvalue weighted by atomic mass is 9.46. The fourth-order valence-electron chi connectivity index (χ4n) is 13.1. The number of aliphatic hydroxyl groups is 6. The number of terminal acetylenes is 1. The number of allylic oxidation sites excluding steroid dienone is 1. The van der Waals surface area contributed by atoms with E-state index in [4.69, 9.17) is 14.6 Å². The second-order valence-corrected chi connectivity index (χ2v) is 18.2. The van der Waals surface area contributed by atoms with Gasteiger partial charge >= 0.3 is 0 Å². The summed E-state index contributed by atoms with van der Waals surface area (Å²) in [6.07, 6.45) is 16.0. The molecule has 6 fully saturated rings. The van der Waals surface area contributed by atoms with Crippen LogP contribution in [0.25, 0.3) is 0 Å². The molecule has 5 saturated carbocycles. The Morgan fingerprint density at radius 2 is 1.62 bits per heavy atom. The highest BCUT2D eigenvalue weighted by Gasteiger charge is 2.85. The average molecular weight is 677 g/mol. The van der Waals surface area contributed by atoms with Gasteiger partial charge in [-0.2, -0.15) is 0 Å². The zero-order valence-corrected chi connectivity index (χ0v) is 31.1. The maximum Gasteiger partial charge on any atom is 0.166 e. The summed E-state index contributed by atoms with van der Waals surface area (Å²) >= 11 is 0. The zero-order chi connectivity index (χ0) is 36.3. The molecule has 0 aromatic carbocycles. The smallest absolute Gasteiger partial charge is 0.166 e. The Morgan fingerprint density at radius 1 is 1.00 bits per heavy atom. The predicted molar refractivity (Wildman–Crippen MR) is 187 cm³/mol. The average Bonchev–Trinajstić information content (AvgIpc) is 3.40. The van der Waals surface area contributed by atoms with Gasteiger partial charge in [0.1, 0.15) is 6.10 Å². The minimum Gasteiger partial charge on any atom is -0.513 e. The van der Waals surface area contributed by atoms with Crippen LogP contribution in [0, 0.1) is 70.0 Å². The minimum absolute atomic E-state index is 0.0307. The Labute approximate surface area is 290 Å². The summed E-state index contributed by atoms with van der Waals surface area (Å²) in [5, 5.41) is 61.4. The number of ether oxygens (including phenoxy) is 2. The third kappa shape index (κ3) is 6.53. The molecular formula is C40H68O8. The minimum atomic E-state index is -1.63. The Morgan fingerprint density at radius 3 is 2.21 bits per heavy atom. The van der Waals surface area contributed by atoms with Gasteiger partial charge in [-0.3, -0.25) is 0 Å². The predicted octanol–water partition coefficient (Wildman–Crippen LogP) is 6.33. The van der Waals surface area contributed by atoms with Crippen molar-refractivity contribution in [3.63, 3.8) is 0 Å². The highest BCUT2D eigenvalue weighted by atomic mass is 16.7. The first-order valence-corrected chi connectivity index (χ1v) is 18.6. The van der Waals surface area contributed by atoms with Crippen LogP contribution in [0.5, 0.6) is 0 Å². The Bertz CT molecular complexity index is 1150. The molecule has 2 spiro atoms. The van der Waals surface area contributed by atoms with Crippen molar-refractivity contribution in [1.29, 1.82) is 0 Å². The molecule has 48 heavy (non-hydrogen) atoms. The van der Waals surface area contributed by atoms with Gasteiger partial charge in [0.15, 0.2) is 12.1 Å². The first-order chi connectivity index (χ1) is 22.1. The van der Waals surface area contributed by atoms with Gasteiger partial charge in [0.25, 0.3) is 0 Å². The second kappa shape index (κ2) is 13.7. The molecule has 6 aliphatic rings. The zero-order valence-electron chi connectivity index (χ0n) is 31.1. The Kier molecular flexibility index (Phi) is 11.3. The number of rotatable bonds is 7. The lowest BCUT2D eigenvalue weighted by molar-refractivity contribution is -0.264. The van der Waals surface area contributed by atoms with Crippen molar-refractivity contribution < 1.29 is 40.1 Å². The van der Waals surface area contributed by atoms with E-state index >= 15 is 0 Å². The van der Waals surface area contributed by atoms with Crippen LogP contribution in [-0.2, 0) is 9.47 Å². The molecular weight excluding hydrogens is 608 g/mol. The molecule has 1 aliphatic heterocycles. The van der Waals surface area contributed by atoms with Gasteiger partial charge in [0.2, 0.25) is 0 Å². The molecule has 0 amide bonds. The van der Waals surface area contributed by atoms with Crippen molar-refractivity contribution in [3.8, 4) is 12.8 Å². The van der Waals surface area contributed by atoms with Crippen molar-refractivity contribution in [2.45, 2.75) is 162 Å². The maximum absolute atomic E-state index is 11.6. The first kappa shape index (κ1) is 39.6. The van der Waals surface area contributed by atoms with Gasteiger partial charge in [-0.05, 0) is 117 Å². The van der Waals surface area contributed by atoms with Gasteiger partial charge in [0.05, 0.1) is 30.2 Å². The molecule has 6 N–H and O–H groups in total. The molecule has 6 rings (SSSR count). The lowest BCUT2D eigenvalue weighted by Crippen LogP contribution is -2.56. The van der Waals surface area contributed by atoms with E-state index in [0.29, 0.717) is 36.5 Å². The highest BCUT2D eigenvalue weighted by molar-refractivity contribution is 5.32. The lowest BCUT2D eigenvalue weighted by Gasteiger charge is -2.60. The van der Waals surface area contributed by atoms with Gasteiger partial charge in [-0.15, -0.1) is 12.8 Å². The van der Waals surface area contributed by atoms with Crippen molar-refractivity contribution in [3.05, 3.63) is 12.3 Å². The van der Waals surface area contributed by atoms with E-state index in [1.54, 1.807) is 0 Å². The van der Waals surface area contributed by atoms with Gasteiger partial charge < -0.3 is 40.1 Å². The first-order valence-electron chi connectivity index (χ1n) is 18.6. The van der Waals surface area contributed by atoms with E-state index in [1.165, 1.54) is 13.3 Å². The molecule has 8 nitrogen and oxygen atoms in total. The molecule has 8 heteroatoms. The fraction of sp³-hybridized carbons (Fsp3) is 0.900. The monoisotopic (exact) mass is 676 g/mol. The molecule has 0 radical (unpaired) electrons. The standard InChI is InChI=1S/C35H60O7.C3H6O.C2H2/c1-20(9-8-13-30(3,4)38)29-32(7)15-16-33-21(2)34(33)14-12-27(42-28-17-24(36)25(37)19-41-28)31(5,6)26(34)11-10-22(33)23(32)18-35(29,39)40;1-3(2)4;1-2/h20-29,36-40H,8-19H2,1-7H3;4H,1H2,2H3;1-2H/t20-,21+,22+,23?,24-,25-,26?,27?,28?,29?,32+,33+,34?;;/m1../s1. The maximum atomic E-state index is 11.6. The quantitative estimate of drug-likeness (QED) is 0.0796. The van der Waals surface area contributed by atoms with Crippen molar-refractivity contribution >= 4 is 0 Å². The molecule has 0 bridgehead atoms. The van der Waals surface area contributed by atoms with Crippen LogP contribution in [0.2, 0.25) is 0 Å².